The maximum absolute atomic E-state index is 12.2. The monoisotopic (exact) mass is 325 g/mol. The van der Waals surface area contributed by atoms with Crippen LogP contribution in [0.5, 0.6) is 5.75 Å². The lowest BCUT2D eigenvalue weighted by atomic mass is 10.2. The van der Waals surface area contributed by atoms with Crippen LogP contribution in [0.4, 0.5) is 5.69 Å². The third kappa shape index (κ3) is 3.59. The number of aromatic carboxylic acids is 1. The Hall–Kier alpha value is -2.48. The van der Waals surface area contributed by atoms with Gasteiger partial charge in [-0.05, 0) is 36.8 Å². The summed E-state index contributed by atoms with van der Waals surface area (Å²) in [6.07, 6.45) is 1.96. The van der Waals surface area contributed by atoms with Crippen molar-refractivity contribution in [3.63, 3.8) is 0 Å². The highest BCUT2D eigenvalue weighted by Gasteiger charge is 2.20. The lowest BCUT2D eigenvalue weighted by Gasteiger charge is -2.13. The zero-order chi connectivity index (χ0) is 16.2. The molecule has 22 heavy (non-hydrogen) atoms. The summed E-state index contributed by atoms with van der Waals surface area (Å²) in [4.78, 5) is 11.0. The number of rotatable bonds is 7. The van der Waals surface area contributed by atoms with Gasteiger partial charge in [-0.25, -0.2) is 4.79 Å². The second kappa shape index (κ2) is 6.52. The molecule has 1 aromatic heterocycles. The average Bonchev–Trinajstić information content (AvgIpc) is 3.00. The van der Waals surface area contributed by atoms with E-state index in [1.165, 1.54) is 36.6 Å². The molecule has 0 saturated heterocycles. The van der Waals surface area contributed by atoms with E-state index >= 15 is 0 Å². The Bertz CT molecular complexity index is 752. The van der Waals surface area contributed by atoms with Gasteiger partial charge in [-0.3, -0.25) is 4.72 Å². The fourth-order valence-electron chi connectivity index (χ4n) is 1.69. The molecule has 0 amide bonds. The van der Waals surface area contributed by atoms with Crippen molar-refractivity contribution in [2.75, 3.05) is 11.3 Å². The minimum atomic E-state index is -3.95. The first-order valence-corrected chi connectivity index (χ1v) is 7.99. The molecule has 0 atom stereocenters. The molecule has 2 rings (SSSR count). The van der Waals surface area contributed by atoms with E-state index in [2.05, 4.69) is 4.72 Å². The first-order valence-electron chi connectivity index (χ1n) is 6.50. The number of hydrogen-bond donors (Lipinski definition) is 2. The van der Waals surface area contributed by atoms with Crippen LogP contribution >= 0.6 is 0 Å². The molecule has 0 unspecified atom stereocenters. The third-order valence-electron chi connectivity index (χ3n) is 2.69. The summed E-state index contributed by atoms with van der Waals surface area (Å²) in [6.45, 7) is 2.28. The zero-order valence-corrected chi connectivity index (χ0v) is 12.6. The summed E-state index contributed by atoms with van der Waals surface area (Å²) >= 11 is 0. The van der Waals surface area contributed by atoms with E-state index in [0.29, 0.717) is 6.61 Å². The van der Waals surface area contributed by atoms with Gasteiger partial charge in [-0.1, -0.05) is 6.92 Å². The van der Waals surface area contributed by atoms with Crippen LogP contribution in [0.1, 0.15) is 23.7 Å². The second-order valence-corrected chi connectivity index (χ2v) is 6.02. The Kier molecular flexibility index (Phi) is 4.71. The molecule has 0 radical (unpaired) electrons. The Labute approximate surface area is 127 Å². The quantitative estimate of drug-likeness (QED) is 0.810. The minimum absolute atomic E-state index is 0.0461. The first kappa shape index (κ1) is 15.9. The summed E-state index contributed by atoms with van der Waals surface area (Å²) in [5.41, 5.74) is -0.00857. The van der Waals surface area contributed by atoms with Crippen LogP contribution in [0.15, 0.2) is 46.1 Å². The van der Waals surface area contributed by atoms with Crippen molar-refractivity contribution in [1.82, 2.24) is 0 Å². The number of anilines is 1. The summed E-state index contributed by atoms with van der Waals surface area (Å²) < 4.78 is 36.9. The van der Waals surface area contributed by atoms with Crippen LogP contribution in [-0.2, 0) is 10.0 Å². The van der Waals surface area contributed by atoms with E-state index in [4.69, 9.17) is 14.3 Å². The van der Waals surface area contributed by atoms with Crippen molar-refractivity contribution >= 4 is 21.7 Å². The first-order chi connectivity index (χ1) is 10.4. The van der Waals surface area contributed by atoms with Crippen LogP contribution in [0.3, 0.4) is 0 Å². The number of carboxylic acid groups (broad SMARTS) is 1. The summed E-state index contributed by atoms with van der Waals surface area (Å²) in [5, 5.41) is 8.75. The van der Waals surface area contributed by atoms with Gasteiger partial charge in [-0.15, -0.1) is 0 Å². The number of nitrogens with one attached hydrogen (secondary N) is 1. The van der Waals surface area contributed by atoms with Gasteiger partial charge >= 0.3 is 5.97 Å². The summed E-state index contributed by atoms with van der Waals surface area (Å²) in [5.74, 6) is -0.914. The van der Waals surface area contributed by atoms with Crippen LogP contribution in [0.25, 0.3) is 0 Å². The number of hydrogen-bond acceptors (Lipinski definition) is 5. The predicted molar refractivity (Wildman–Crippen MR) is 78.7 cm³/mol. The molecule has 118 valence electrons. The van der Waals surface area contributed by atoms with Gasteiger partial charge in [0.2, 0.25) is 5.09 Å². The maximum Gasteiger partial charge on any atom is 0.335 e. The SMILES string of the molecule is CCCOc1ccc(C(=O)O)cc1NS(=O)(=O)c1ccco1. The van der Waals surface area contributed by atoms with Gasteiger partial charge in [-0.2, -0.15) is 8.42 Å². The molecule has 1 heterocycles. The van der Waals surface area contributed by atoms with Gasteiger partial charge in [0.15, 0.2) is 0 Å². The number of carboxylic acids is 1. The van der Waals surface area contributed by atoms with E-state index in [9.17, 15) is 13.2 Å². The molecule has 0 aliphatic heterocycles. The number of ether oxygens (including phenoxy) is 1. The van der Waals surface area contributed by atoms with Crippen molar-refractivity contribution < 1.29 is 27.5 Å². The van der Waals surface area contributed by atoms with Crippen molar-refractivity contribution in [3.8, 4) is 5.75 Å². The molecule has 7 nitrogen and oxygen atoms in total. The van der Waals surface area contributed by atoms with E-state index in [1.54, 1.807) is 0 Å². The Morgan fingerprint density at radius 1 is 1.36 bits per heavy atom. The topological polar surface area (TPSA) is 106 Å². The minimum Gasteiger partial charge on any atom is -0.491 e. The normalized spacial score (nSPS) is 11.1. The van der Waals surface area contributed by atoms with E-state index in [1.807, 2.05) is 6.92 Å². The zero-order valence-electron chi connectivity index (χ0n) is 11.8. The Balaban J connectivity index is 2.38. The highest BCUT2D eigenvalue weighted by atomic mass is 32.2. The van der Waals surface area contributed by atoms with E-state index in [-0.39, 0.29) is 22.1 Å². The number of benzene rings is 1. The summed E-state index contributed by atoms with van der Waals surface area (Å²) in [6, 6.07) is 6.69. The predicted octanol–water partition coefficient (Wildman–Crippen LogP) is 2.57. The van der Waals surface area contributed by atoms with Gasteiger partial charge in [0, 0.05) is 0 Å². The molecule has 0 aliphatic carbocycles. The largest absolute Gasteiger partial charge is 0.491 e. The highest BCUT2D eigenvalue weighted by Crippen LogP contribution is 2.28. The standard InChI is InChI=1S/C14H15NO6S/c1-2-7-20-12-6-5-10(14(16)17)9-11(12)15-22(18,19)13-4-3-8-21-13/h3-6,8-9,15H,2,7H2,1H3,(H,16,17). The molecule has 2 N–H and O–H groups in total. The van der Waals surface area contributed by atoms with Gasteiger partial charge < -0.3 is 14.3 Å². The van der Waals surface area contributed by atoms with Crippen molar-refractivity contribution in [3.05, 3.63) is 42.2 Å². The van der Waals surface area contributed by atoms with Crippen molar-refractivity contribution in [2.45, 2.75) is 18.4 Å². The van der Waals surface area contributed by atoms with Crippen molar-refractivity contribution in [1.29, 1.82) is 0 Å². The maximum atomic E-state index is 12.2. The molecular weight excluding hydrogens is 310 g/mol. The van der Waals surface area contributed by atoms with Crippen LogP contribution in [0, 0.1) is 0 Å². The average molecular weight is 325 g/mol. The molecule has 0 spiro atoms. The molecular formula is C14H15NO6S. The van der Waals surface area contributed by atoms with Gasteiger partial charge in [0.05, 0.1) is 24.1 Å². The Morgan fingerprint density at radius 2 is 2.14 bits per heavy atom. The fourth-order valence-corrected chi connectivity index (χ4v) is 2.68. The second-order valence-electron chi connectivity index (χ2n) is 4.40. The molecule has 0 aliphatic rings. The molecule has 0 bridgehead atoms. The van der Waals surface area contributed by atoms with E-state index in [0.717, 1.165) is 6.42 Å². The van der Waals surface area contributed by atoms with Gasteiger partial charge in [0.25, 0.3) is 10.0 Å². The molecule has 8 heteroatoms. The van der Waals surface area contributed by atoms with Crippen molar-refractivity contribution in [2.24, 2.45) is 0 Å². The Morgan fingerprint density at radius 3 is 2.73 bits per heavy atom. The van der Waals surface area contributed by atoms with Crippen LogP contribution < -0.4 is 9.46 Å². The number of carbonyl (C=O) groups is 1. The van der Waals surface area contributed by atoms with Crippen LogP contribution in [-0.4, -0.2) is 26.1 Å². The molecule has 1 aromatic carbocycles. The van der Waals surface area contributed by atoms with Gasteiger partial charge in [0.1, 0.15) is 5.75 Å². The molecule has 0 fully saturated rings. The highest BCUT2D eigenvalue weighted by molar-refractivity contribution is 7.92. The fraction of sp³-hybridized carbons (Fsp3) is 0.214. The molecule has 2 aromatic rings. The number of furan rings is 1. The third-order valence-corrected chi connectivity index (χ3v) is 3.94. The number of sulfonamides is 1. The van der Waals surface area contributed by atoms with Crippen LogP contribution in [0.2, 0.25) is 0 Å². The lowest BCUT2D eigenvalue weighted by molar-refractivity contribution is 0.0697. The van der Waals surface area contributed by atoms with E-state index < -0.39 is 16.0 Å². The molecule has 0 saturated carbocycles. The lowest BCUT2D eigenvalue weighted by Crippen LogP contribution is -2.14. The smallest absolute Gasteiger partial charge is 0.335 e. The summed E-state index contributed by atoms with van der Waals surface area (Å²) in [7, 11) is -3.95.